The first-order chi connectivity index (χ1) is 10.4. The zero-order chi connectivity index (χ0) is 16.3. The van der Waals surface area contributed by atoms with Crippen molar-refractivity contribution in [1.29, 1.82) is 0 Å². The van der Waals surface area contributed by atoms with Gasteiger partial charge in [-0.25, -0.2) is 4.39 Å². The summed E-state index contributed by atoms with van der Waals surface area (Å²) >= 11 is 0. The fourth-order valence-corrected chi connectivity index (χ4v) is 4.46. The van der Waals surface area contributed by atoms with Crippen molar-refractivity contribution >= 4 is 13.9 Å². The summed E-state index contributed by atoms with van der Waals surface area (Å²) in [5.74, 6) is 0.211. The second-order valence-electron chi connectivity index (χ2n) is 5.87. The third kappa shape index (κ3) is 3.17. The number of phenolic OH excluding ortho intramolecular Hbond substituents is 1. The number of rotatable bonds is 5. The highest BCUT2D eigenvalue weighted by atomic mass is 31.1. The van der Waals surface area contributed by atoms with Crippen LogP contribution in [0.2, 0.25) is 0 Å². The average molecular weight is 318 g/mol. The van der Waals surface area contributed by atoms with E-state index in [1.54, 1.807) is 6.07 Å². The molecule has 0 aliphatic rings. The van der Waals surface area contributed by atoms with Gasteiger partial charge in [-0.3, -0.25) is 0 Å². The molecular weight excluding hydrogens is 294 g/mol. The number of hydrogen-bond acceptors (Lipinski definition) is 1. The zero-order valence-electron chi connectivity index (χ0n) is 13.7. The van der Waals surface area contributed by atoms with Gasteiger partial charge in [0.25, 0.3) is 0 Å². The van der Waals surface area contributed by atoms with E-state index >= 15 is 0 Å². The van der Waals surface area contributed by atoms with Crippen LogP contribution in [0.4, 0.5) is 4.39 Å². The van der Waals surface area contributed by atoms with Crippen LogP contribution in [0.3, 0.4) is 0 Å². The van der Waals surface area contributed by atoms with Crippen LogP contribution in [0.5, 0.6) is 5.75 Å². The van der Waals surface area contributed by atoms with Gasteiger partial charge in [0.05, 0.1) is 0 Å². The standard InChI is InChI=1S/C19H24FOP/c1-5-19(6-2,15-9-7-8-14(4)18(15)21)22-17-11-10-13(3)12-16(17)20/h7-12,21-22H,5-6H2,1-4H3. The Hall–Kier alpha value is -1.40. The Kier molecular flexibility index (Phi) is 5.24. The van der Waals surface area contributed by atoms with E-state index in [-0.39, 0.29) is 11.0 Å². The average Bonchev–Trinajstić information content (AvgIpc) is 2.50. The Morgan fingerprint density at radius 1 is 1.09 bits per heavy atom. The molecule has 1 unspecified atom stereocenters. The molecule has 2 aromatic rings. The predicted molar refractivity (Wildman–Crippen MR) is 94.2 cm³/mol. The number of para-hydroxylation sites is 1. The lowest BCUT2D eigenvalue weighted by atomic mass is 9.90. The molecule has 0 spiro atoms. The summed E-state index contributed by atoms with van der Waals surface area (Å²) in [6.45, 7) is 8.04. The number of hydrogen-bond donors (Lipinski definition) is 1. The summed E-state index contributed by atoms with van der Waals surface area (Å²) in [6.07, 6.45) is 1.73. The number of halogens is 1. The molecule has 1 atom stereocenters. The van der Waals surface area contributed by atoms with Crippen LogP contribution >= 0.6 is 8.58 Å². The fourth-order valence-electron chi connectivity index (χ4n) is 2.90. The maximum atomic E-state index is 14.3. The van der Waals surface area contributed by atoms with E-state index in [0.717, 1.165) is 34.8 Å². The summed E-state index contributed by atoms with van der Waals surface area (Å²) < 4.78 is 14.3. The summed E-state index contributed by atoms with van der Waals surface area (Å²) in [5.41, 5.74) is 2.75. The van der Waals surface area contributed by atoms with Crippen molar-refractivity contribution in [2.24, 2.45) is 0 Å². The molecule has 0 amide bonds. The van der Waals surface area contributed by atoms with E-state index in [2.05, 4.69) is 13.8 Å². The van der Waals surface area contributed by atoms with Gasteiger partial charge < -0.3 is 5.11 Å². The van der Waals surface area contributed by atoms with E-state index in [0.29, 0.717) is 14.3 Å². The number of aromatic hydroxyl groups is 1. The van der Waals surface area contributed by atoms with Crippen molar-refractivity contribution < 1.29 is 9.50 Å². The van der Waals surface area contributed by atoms with Crippen molar-refractivity contribution in [3.63, 3.8) is 0 Å². The third-order valence-corrected chi connectivity index (χ3v) is 6.59. The number of benzene rings is 2. The molecule has 0 heterocycles. The molecule has 22 heavy (non-hydrogen) atoms. The maximum absolute atomic E-state index is 14.3. The molecule has 0 aromatic heterocycles. The van der Waals surface area contributed by atoms with Crippen LogP contribution in [-0.4, -0.2) is 5.11 Å². The van der Waals surface area contributed by atoms with Gasteiger partial charge in [-0.15, -0.1) is 0 Å². The third-order valence-electron chi connectivity index (χ3n) is 4.46. The molecule has 118 valence electrons. The molecule has 0 saturated heterocycles. The van der Waals surface area contributed by atoms with Gasteiger partial charge in [-0.1, -0.05) is 52.8 Å². The summed E-state index contributed by atoms with van der Waals surface area (Å²) in [6, 6.07) is 11.3. The van der Waals surface area contributed by atoms with Crippen LogP contribution in [0.25, 0.3) is 0 Å². The molecule has 1 N–H and O–H groups in total. The monoisotopic (exact) mass is 318 g/mol. The molecule has 3 heteroatoms. The smallest absolute Gasteiger partial charge is 0.130 e. The van der Waals surface area contributed by atoms with Crippen LogP contribution in [0, 0.1) is 19.7 Å². The van der Waals surface area contributed by atoms with Gasteiger partial charge in [0, 0.05) is 16.0 Å². The van der Waals surface area contributed by atoms with Gasteiger partial charge in [-0.2, -0.15) is 0 Å². The minimum absolute atomic E-state index is 0.142. The van der Waals surface area contributed by atoms with Crippen LogP contribution in [-0.2, 0) is 5.16 Å². The summed E-state index contributed by atoms with van der Waals surface area (Å²) in [5, 5.41) is 11.0. The summed E-state index contributed by atoms with van der Waals surface area (Å²) in [4.78, 5) is 0. The van der Waals surface area contributed by atoms with Crippen LogP contribution in [0.1, 0.15) is 43.4 Å². The van der Waals surface area contributed by atoms with E-state index in [1.165, 1.54) is 0 Å². The van der Waals surface area contributed by atoms with Crippen LogP contribution in [0.15, 0.2) is 36.4 Å². The lowest BCUT2D eigenvalue weighted by Crippen LogP contribution is -2.23. The van der Waals surface area contributed by atoms with E-state index < -0.39 is 0 Å². The highest BCUT2D eigenvalue weighted by Crippen LogP contribution is 2.50. The summed E-state index contributed by atoms with van der Waals surface area (Å²) in [7, 11) is 0.296. The topological polar surface area (TPSA) is 20.2 Å². The predicted octanol–water partition coefficient (Wildman–Crippen LogP) is 5.17. The largest absolute Gasteiger partial charge is 0.507 e. The number of phenols is 1. The molecule has 1 nitrogen and oxygen atoms in total. The van der Waals surface area contributed by atoms with E-state index in [4.69, 9.17) is 0 Å². The van der Waals surface area contributed by atoms with E-state index in [1.807, 2.05) is 44.2 Å². The molecule has 0 aliphatic carbocycles. The molecule has 0 aliphatic heterocycles. The molecule has 0 fully saturated rings. The fraction of sp³-hybridized carbons (Fsp3) is 0.368. The molecule has 0 radical (unpaired) electrons. The van der Waals surface area contributed by atoms with Crippen molar-refractivity contribution in [1.82, 2.24) is 0 Å². The highest BCUT2D eigenvalue weighted by Gasteiger charge is 2.32. The van der Waals surface area contributed by atoms with Gasteiger partial charge in [0.15, 0.2) is 0 Å². The first-order valence-corrected chi connectivity index (χ1v) is 8.77. The Balaban J connectivity index is 2.50. The number of aryl methyl sites for hydroxylation is 2. The first kappa shape index (κ1) is 17.0. The van der Waals surface area contributed by atoms with Crippen molar-refractivity contribution in [3.8, 4) is 5.75 Å². The van der Waals surface area contributed by atoms with Gasteiger partial charge in [0.2, 0.25) is 0 Å². The second-order valence-corrected chi connectivity index (χ2v) is 7.61. The van der Waals surface area contributed by atoms with Gasteiger partial charge >= 0.3 is 0 Å². The SMILES string of the molecule is CCC(CC)(Pc1ccc(C)cc1F)c1cccc(C)c1O. The van der Waals surface area contributed by atoms with Crippen molar-refractivity contribution in [2.75, 3.05) is 0 Å². The maximum Gasteiger partial charge on any atom is 0.130 e. The van der Waals surface area contributed by atoms with Crippen molar-refractivity contribution in [3.05, 3.63) is 58.9 Å². The molecule has 2 aromatic carbocycles. The van der Waals surface area contributed by atoms with Crippen molar-refractivity contribution in [2.45, 2.75) is 45.7 Å². The Labute approximate surface area is 134 Å². The normalized spacial score (nSPS) is 12.2. The lowest BCUT2D eigenvalue weighted by molar-refractivity contribution is 0.444. The Morgan fingerprint density at radius 3 is 2.36 bits per heavy atom. The van der Waals surface area contributed by atoms with Gasteiger partial charge in [0.1, 0.15) is 11.6 Å². The Morgan fingerprint density at radius 2 is 1.77 bits per heavy atom. The van der Waals surface area contributed by atoms with E-state index in [9.17, 15) is 9.50 Å². The Bertz CT molecular complexity index is 662. The quantitative estimate of drug-likeness (QED) is 0.754. The van der Waals surface area contributed by atoms with Crippen LogP contribution < -0.4 is 5.30 Å². The van der Waals surface area contributed by atoms with Gasteiger partial charge in [-0.05, 0) is 43.9 Å². The molecule has 2 rings (SSSR count). The molecule has 0 saturated carbocycles. The molecule has 0 bridgehead atoms. The minimum Gasteiger partial charge on any atom is -0.507 e. The lowest BCUT2D eigenvalue weighted by Gasteiger charge is -2.33. The first-order valence-electron chi connectivity index (χ1n) is 7.77. The molecular formula is C19H24FOP. The second kappa shape index (κ2) is 6.79. The minimum atomic E-state index is -0.216. The highest BCUT2D eigenvalue weighted by molar-refractivity contribution is 7.48. The zero-order valence-corrected chi connectivity index (χ0v) is 14.7.